The summed E-state index contributed by atoms with van der Waals surface area (Å²) in [5.41, 5.74) is 8.05. The van der Waals surface area contributed by atoms with E-state index in [0.29, 0.717) is 11.4 Å². The predicted octanol–water partition coefficient (Wildman–Crippen LogP) is 1.44. The smallest absolute Gasteiger partial charge is 0.303 e. The number of carboxylic acid groups (broad SMARTS) is 1. The molecule has 1 rings (SSSR count). The fraction of sp³-hybridized carbons (Fsp3) is 0.429. The SMILES string of the molecule is COc1c(C)ccc(NC(=O)C(N)CCC(=O)O)c1C. The summed E-state index contributed by atoms with van der Waals surface area (Å²) in [5, 5.41) is 11.3. The Hall–Kier alpha value is -2.08. The second-order valence-electron chi connectivity index (χ2n) is 4.62. The van der Waals surface area contributed by atoms with Crippen molar-refractivity contribution in [2.45, 2.75) is 32.7 Å². The number of ether oxygens (including phenoxy) is 1. The summed E-state index contributed by atoms with van der Waals surface area (Å²) in [6.45, 7) is 3.75. The lowest BCUT2D eigenvalue weighted by atomic mass is 10.1. The van der Waals surface area contributed by atoms with Crippen molar-refractivity contribution in [2.24, 2.45) is 5.73 Å². The summed E-state index contributed by atoms with van der Waals surface area (Å²) in [6, 6.07) is 2.76. The van der Waals surface area contributed by atoms with Crippen molar-refractivity contribution in [3.8, 4) is 5.75 Å². The van der Waals surface area contributed by atoms with E-state index in [1.807, 2.05) is 19.9 Å². The van der Waals surface area contributed by atoms with E-state index < -0.39 is 17.9 Å². The molecule has 110 valence electrons. The number of nitrogens with one attached hydrogen (secondary N) is 1. The summed E-state index contributed by atoms with van der Waals surface area (Å²) >= 11 is 0. The first-order chi connectivity index (χ1) is 9.36. The van der Waals surface area contributed by atoms with Crippen LogP contribution in [0.3, 0.4) is 0 Å². The summed E-state index contributed by atoms with van der Waals surface area (Å²) in [5.74, 6) is -0.663. The van der Waals surface area contributed by atoms with Crippen LogP contribution in [0.25, 0.3) is 0 Å². The van der Waals surface area contributed by atoms with E-state index in [4.69, 9.17) is 15.6 Å². The van der Waals surface area contributed by atoms with E-state index in [2.05, 4.69) is 5.32 Å². The van der Waals surface area contributed by atoms with E-state index in [0.717, 1.165) is 11.1 Å². The van der Waals surface area contributed by atoms with Crippen LogP contribution in [0.2, 0.25) is 0 Å². The van der Waals surface area contributed by atoms with Gasteiger partial charge in [-0.25, -0.2) is 0 Å². The van der Waals surface area contributed by atoms with Crippen LogP contribution in [0, 0.1) is 13.8 Å². The standard InChI is InChI=1S/C14H20N2O4/c1-8-4-6-11(9(2)13(8)20-3)16-14(19)10(15)5-7-12(17)18/h4,6,10H,5,7,15H2,1-3H3,(H,16,19)(H,17,18). The van der Waals surface area contributed by atoms with Gasteiger partial charge in [-0.05, 0) is 31.9 Å². The monoisotopic (exact) mass is 280 g/mol. The molecule has 0 spiro atoms. The van der Waals surface area contributed by atoms with Crippen LogP contribution in [0.5, 0.6) is 5.75 Å². The van der Waals surface area contributed by atoms with E-state index >= 15 is 0 Å². The molecule has 0 aliphatic rings. The Kier molecular flexibility index (Phi) is 5.52. The number of amides is 1. The average molecular weight is 280 g/mol. The lowest BCUT2D eigenvalue weighted by molar-refractivity contribution is -0.137. The van der Waals surface area contributed by atoms with Gasteiger partial charge in [0, 0.05) is 17.7 Å². The number of rotatable bonds is 6. The molecule has 0 saturated heterocycles. The molecule has 1 aromatic carbocycles. The van der Waals surface area contributed by atoms with Gasteiger partial charge in [0.25, 0.3) is 0 Å². The molecule has 1 unspecified atom stereocenters. The van der Waals surface area contributed by atoms with Crippen molar-refractivity contribution in [1.29, 1.82) is 0 Å². The maximum Gasteiger partial charge on any atom is 0.303 e. The van der Waals surface area contributed by atoms with E-state index in [1.165, 1.54) is 0 Å². The molecule has 6 heteroatoms. The zero-order valence-corrected chi connectivity index (χ0v) is 11.9. The lowest BCUT2D eigenvalue weighted by Crippen LogP contribution is -2.36. The van der Waals surface area contributed by atoms with Crippen molar-refractivity contribution < 1.29 is 19.4 Å². The maximum atomic E-state index is 11.9. The number of aryl methyl sites for hydroxylation is 1. The first-order valence-corrected chi connectivity index (χ1v) is 6.29. The molecular formula is C14H20N2O4. The molecule has 0 radical (unpaired) electrons. The highest BCUT2D eigenvalue weighted by Crippen LogP contribution is 2.29. The number of methoxy groups -OCH3 is 1. The van der Waals surface area contributed by atoms with Gasteiger partial charge >= 0.3 is 5.97 Å². The molecule has 1 aromatic rings. The van der Waals surface area contributed by atoms with Crippen LogP contribution in [0.4, 0.5) is 5.69 Å². The molecule has 0 fully saturated rings. The largest absolute Gasteiger partial charge is 0.496 e. The first-order valence-electron chi connectivity index (χ1n) is 6.29. The molecule has 0 heterocycles. The molecule has 1 atom stereocenters. The number of benzene rings is 1. The molecule has 1 amide bonds. The lowest BCUT2D eigenvalue weighted by Gasteiger charge is -2.16. The molecule has 20 heavy (non-hydrogen) atoms. The van der Waals surface area contributed by atoms with Gasteiger partial charge in [-0.15, -0.1) is 0 Å². The third-order valence-corrected chi connectivity index (χ3v) is 3.07. The number of hydrogen-bond donors (Lipinski definition) is 3. The van der Waals surface area contributed by atoms with Crippen molar-refractivity contribution in [1.82, 2.24) is 0 Å². The summed E-state index contributed by atoms with van der Waals surface area (Å²) in [7, 11) is 1.57. The van der Waals surface area contributed by atoms with Crippen molar-refractivity contribution in [3.63, 3.8) is 0 Å². The number of anilines is 1. The van der Waals surface area contributed by atoms with Gasteiger partial charge < -0.3 is 20.9 Å². The second-order valence-corrected chi connectivity index (χ2v) is 4.62. The van der Waals surface area contributed by atoms with Gasteiger partial charge in [0.05, 0.1) is 13.2 Å². The molecule has 4 N–H and O–H groups in total. The van der Waals surface area contributed by atoms with Gasteiger partial charge in [-0.2, -0.15) is 0 Å². The van der Waals surface area contributed by atoms with Crippen molar-refractivity contribution in [3.05, 3.63) is 23.3 Å². The Morgan fingerprint density at radius 3 is 2.60 bits per heavy atom. The summed E-state index contributed by atoms with van der Waals surface area (Å²) < 4.78 is 5.28. The van der Waals surface area contributed by atoms with Gasteiger partial charge in [0.1, 0.15) is 5.75 Å². The zero-order chi connectivity index (χ0) is 15.3. The van der Waals surface area contributed by atoms with Crippen molar-refractivity contribution >= 4 is 17.6 Å². The summed E-state index contributed by atoms with van der Waals surface area (Å²) in [4.78, 5) is 22.3. The highest BCUT2D eigenvalue weighted by Gasteiger charge is 2.17. The Balaban J connectivity index is 2.78. The normalized spacial score (nSPS) is 11.8. The average Bonchev–Trinajstić information content (AvgIpc) is 2.39. The fourth-order valence-corrected chi connectivity index (χ4v) is 1.91. The summed E-state index contributed by atoms with van der Waals surface area (Å²) in [6.07, 6.45) is -0.0337. The van der Waals surface area contributed by atoms with E-state index in [-0.39, 0.29) is 12.8 Å². The third-order valence-electron chi connectivity index (χ3n) is 3.07. The van der Waals surface area contributed by atoms with E-state index in [9.17, 15) is 9.59 Å². The molecular weight excluding hydrogens is 260 g/mol. The van der Waals surface area contributed by atoms with Crippen LogP contribution in [0.15, 0.2) is 12.1 Å². The highest BCUT2D eigenvalue weighted by atomic mass is 16.5. The number of carbonyl (C=O) groups is 2. The number of carbonyl (C=O) groups excluding carboxylic acids is 1. The third kappa shape index (κ3) is 3.96. The molecule has 0 aliphatic heterocycles. The molecule has 0 bridgehead atoms. The minimum Gasteiger partial charge on any atom is -0.496 e. The minimum absolute atomic E-state index is 0.100. The Morgan fingerprint density at radius 2 is 2.05 bits per heavy atom. The quantitative estimate of drug-likeness (QED) is 0.732. The molecule has 0 aromatic heterocycles. The second kappa shape index (κ2) is 6.91. The minimum atomic E-state index is -0.971. The molecule has 0 saturated carbocycles. The van der Waals surface area contributed by atoms with Crippen LogP contribution in [-0.2, 0) is 9.59 Å². The number of aliphatic carboxylic acids is 1. The maximum absolute atomic E-state index is 11.9. The van der Waals surface area contributed by atoms with Gasteiger partial charge in [-0.1, -0.05) is 6.07 Å². The van der Waals surface area contributed by atoms with Crippen LogP contribution in [-0.4, -0.2) is 30.1 Å². The predicted molar refractivity (Wildman–Crippen MR) is 75.9 cm³/mol. The number of hydrogen-bond acceptors (Lipinski definition) is 4. The van der Waals surface area contributed by atoms with E-state index in [1.54, 1.807) is 13.2 Å². The number of nitrogens with two attached hydrogens (primary N) is 1. The zero-order valence-electron chi connectivity index (χ0n) is 11.9. The topological polar surface area (TPSA) is 102 Å². The van der Waals surface area contributed by atoms with Gasteiger partial charge in [0.15, 0.2) is 0 Å². The van der Waals surface area contributed by atoms with Crippen LogP contribution < -0.4 is 15.8 Å². The van der Waals surface area contributed by atoms with Crippen molar-refractivity contribution in [2.75, 3.05) is 12.4 Å². The highest BCUT2D eigenvalue weighted by molar-refractivity contribution is 5.95. The Morgan fingerprint density at radius 1 is 1.40 bits per heavy atom. The number of carboxylic acids is 1. The molecule has 0 aliphatic carbocycles. The van der Waals surface area contributed by atoms with Crippen LogP contribution >= 0.6 is 0 Å². The fourth-order valence-electron chi connectivity index (χ4n) is 1.91. The Labute approximate surface area is 117 Å². The first kappa shape index (κ1) is 16.0. The Bertz CT molecular complexity index is 514. The van der Waals surface area contributed by atoms with Gasteiger partial charge in [-0.3, -0.25) is 9.59 Å². The molecule has 6 nitrogen and oxygen atoms in total. The van der Waals surface area contributed by atoms with Gasteiger partial charge in [0.2, 0.25) is 5.91 Å². The van der Waals surface area contributed by atoms with Crippen LogP contribution in [0.1, 0.15) is 24.0 Å².